The summed E-state index contributed by atoms with van der Waals surface area (Å²) in [6.45, 7) is 5.20. The highest BCUT2D eigenvalue weighted by Gasteiger charge is 2.45. The smallest absolute Gasteiger partial charge is 0.343 e. The van der Waals surface area contributed by atoms with Crippen LogP contribution in [-0.4, -0.2) is 69.6 Å². The number of nitrogens with zero attached hydrogens (tertiary/aromatic N) is 4. The van der Waals surface area contributed by atoms with Gasteiger partial charge in [-0.25, -0.2) is 9.78 Å². The van der Waals surface area contributed by atoms with Crippen LogP contribution in [0.2, 0.25) is 0 Å². The van der Waals surface area contributed by atoms with Gasteiger partial charge in [-0.3, -0.25) is 13.9 Å². The van der Waals surface area contributed by atoms with E-state index in [9.17, 15) is 31.5 Å². The molecule has 3 aliphatic heterocycles. The summed E-state index contributed by atoms with van der Waals surface area (Å²) < 4.78 is 71.9. The molecule has 6 heterocycles. The zero-order valence-corrected chi connectivity index (χ0v) is 37.0. The van der Waals surface area contributed by atoms with E-state index in [2.05, 4.69) is 71.1 Å². The van der Waals surface area contributed by atoms with Crippen molar-refractivity contribution in [3.05, 3.63) is 171 Å². The number of carbonyl (C=O) groups is 1. The lowest BCUT2D eigenvalue weighted by molar-refractivity contribution is -0.172. The molecule has 0 saturated heterocycles. The van der Waals surface area contributed by atoms with Gasteiger partial charge in [0.05, 0.1) is 29.0 Å². The van der Waals surface area contributed by atoms with Gasteiger partial charge in [-0.2, -0.15) is 16.8 Å². The second-order valence-corrected chi connectivity index (χ2v) is 19.1. The van der Waals surface area contributed by atoms with Crippen LogP contribution in [0.1, 0.15) is 46.9 Å². The van der Waals surface area contributed by atoms with E-state index in [1.165, 1.54) is 52.0 Å². The molecule has 14 nitrogen and oxygen atoms in total. The van der Waals surface area contributed by atoms with Crippen LogP contribution in [0.25, 0.3) is 44.0 Å². The summed E-state index contributed by atoms with van der Waals surface area (Å²) in [4.78, 5) is 31.5. The molecule has 65 heavy (non-hydrogen) atoms. The molecule has 3 aromatic heterocycles. The summed E-state index contributed by atoms with van der Waals surface area (Å²) in [6, 6.07) is 38.7. The van der Waals surface area contributed by atoms with E-state index in [0.29, 0.717) is 23.4 Å². The van der Waals surface area contributed by atoms with Crippen molar-refractivity contribution in [1.82, 2.24) is 19.0 Å². The summed E-state index contributed by atoms with van der Waals surface area (Å²) in [5.41, 5.74) is 7.61. The molecule has 0 spiro atoms. The summed E-state index contributed by atoms with van der Waals surface area (Å²) >= 11 is 0. The first kappa shape index (κ1) is 43.7. The average molecular weight is 913 g/mol. The number of benzene rings is 5. The van der Waals surface area contributed by atoms with E-state index in [1.54, 1.807) is 17.6 Å². The first-order valence-corrected chi connectivity index (χ1v) is 23.8. The molecular weight excluding hydrogens is 869 g/mol. The Labute approximate surface area is 374 Å². The summed E-state index contributed by atoms with van der Waals surface area (Å²) in [6.07, 6.45) is 1.28. The number of pyridine rings is 2. The summed E-state index contributed by atoms with van der Waals surface area (Å²) in [7, 11) is -6.72. The van der Waals surface area contributed by atoms with Gasteiger partial charge in [0, 0.05) is 69.9 Å². The van der Waals surface area contributed by atoms with Gasteiger partial charge >= 0.3 is 5.97 Å². The molecular formula is C49H44N4O10S2. The van der Waals surface area contributed by atoms with Crippen LogP contribution in [0.4, 0.5) is 0 Å². The number of cyclic esters (lactones) is 1. The lowest BCUT2D eigenvalue weighted by Crippen LogP contribution is -2.44. The number of para-hydroxylation sites is 2. The van der Waals surface area contributed by atoms with E-state index < -0.39 is 41.6 Å². The normalized spacial score (nSPS) is 16.7. The zero-order valence-electron chi connectivity index (χ0n) is 35.4. The standard InChI is InChI=1S/C20H16N2O4.C19H20N2.C10H8O6S2/c1-2-20(25)14-8-16-17-12(7-11-5-3-4-6-15(11)21-17)9-22(16)18(23)13(14)10-26-19(20)24;1-20-12-11-19-17(14-20)16-9-5-6-10-18(16)21(19)13-15-7-3-2-4-8-15;11-17(12,13)9-5-1-3-7-8(9)4-2-6-10(7)18(14,15)16/h3-8,25H,2,9-10H2,1H3;2-10H,11-14H2,1H3;1-6H,(H,11,12,13)(H,14,15,16). The lowest BCUT2D eigenvalue weighted by atomic mass is 9.86. The van der Waals surface area contributed by atoms with E-state index in [0.717, 1.165) is 60.3 Å². The summed E-state index contributed by atoms with van der Waals surface area (Å²) in [5.74, 6) is -0.707. The van der Waals surface area contributed by atoms with Gasteiger partial charge in [-0.15, -0.1) is 0 Å². The van der Waals surface area contributed by atoms with Crippen LogP contribution in [0.15, 0.2) is 142 Å². The Morgan fingerprint density at radius 3 is 2.05 bits per heavy atom. The van der Waals surface area contributed by atoms with Gasteiger partial charge < -0.3 is 23.9 Å². The number of carbonyl (C=O) groups excluding carboxylic acids is 1. The van der Waals surface area contributed by atoms with Gasteiger partial charge in [-0.05, 0) is 61.0 Å². The number of hydrogen-bond acceptors (Lipinski definition) is 10. The Kier molecular flexibility index (Phi) is 11.3. The van der Waals surface area contributed by atoms with Crippen molar-refractivity contribution in [2.75, 3.05) is 13.6 Å². The lowest BCUT2D eigenvalue weighted by Gasteiger charge is -2.31. The monoisotopic (exact) mass is 912 g/mol. The maximum absolute atomic E-state index is 13.0. The largest absolute Gasteiger partial charge is 0.458 e. The SMILES string of the molecule is CCC1(O)C(=O)OCc2c1cc1n(c2=O)Cc2cc3ccccc3nc2-1.CN1CCc2c(c3ccccc3n2Cc2ccccc2)C1.O=S(=O)(O)c1cccc2c(S(=O)(=O)O)cccc12. The molecule has 5 aromatic carbocycles. The van der Waals surface area contributed by atoms with Gasteiger partial charge in [-0.1, -0.05) is 97.9 Å². The number of aliphatic hydroxyl groups is 1. The minimum Gasteiger partial charge on any atom is -0.458 e. The number of fused-ring (bicyclic) bond motifs is 9. The van der Waals surface area contributed by atoms with Crippen LogP contribution in [-0.2, 0) is 68.0 Å². The van der Waals surface area contributed by atoms with Crippen molar-refractivity contribution >= 4 is 58.8 Å². The number of likely N-dealkylation sites (N-methyl/N-ethyl adjacent to an activating group) is 1. The Hall–Kier alpha value is -6.53. The first-order valence-electron chi connectivity index (χ1n) is 20.9. The van der Waals surface area contributed by atoms with Gasteiger partial charge in [0.1, 0.15) is 16.4 Å². The maximum atomic E-state index is 13.0. The predicted molar refractivity (Wildman–Crippen MR) is 246 cm³/mol. The second-order valence-electron chi connectivity index (χ2n) is 16.4. The quantitative estimate of drug-likeness (QED) is 0.117. The van der Waals surface area contributed by atoms with Crippen LogP contribution in [0.5, 0.6) is 0 Å². The molecule has 0 saturated carbocycles. The predicted octanol–water partition coefficient (Wildman–Crippen LogP) is 7.09. The third kappa shape index (κ3) is 8.02. The molecule has 8 aromatic rings. The highest BCUT2D eigenvalue weighted by Crippen LogP contribution is 2.39. The minimum absolute atomic E-state index is 0.0233. The van der Waals surface area contributed by atoms with Crippen LogP contribution < -0.4 is 5.56 Å². The second kappa shape index (κ2) is 16.8. The molecule has 11 rings (SSSR count). The maximum Gasteiger partial charge on any atom is 0.343 e. The van der Waals surface area contributed by atoms with Gasteiger partial charge in [0.25, 0.3) is 25.8 Å². The molecule has 0 fully saturated rings. The Balaban J connectivity index is 0.000000125. The van der Waals surface area contributed by atoms with Crippen molar-refractivity contribution in [1.29, 1.82) is 0 Å². The van der Waals surface area contributed by atoms with Crippen LogP contribution in [0, 0.1) is 0 Å². The van der Waals surface area contributed by atoms with Crippen molar-refractivity contribution < 1.29 is 40.6 Å². The Bertz CT molecular complexity index is 3430. The molecule has 16 heteroatoms. The fraction of sp³-hybridized carbons (Fsp3) is 0.204. The topological polar surface area (TPSA) is 198 Å². The average Bonchev–Trinajstić information content (AvgIpc) is 3.81. The van der Waals surface area contributed by atoms with Crippen molar-refractivity contribution in [2.24, 2.45) is 0 Å². The number of rotatable bonds is 5. The van der Waals surface area contributed by atoms with E-state index in [1.807, 2.05) is 30.3 Å². The number of hydrogen-bond donors (Lipinski definition) is 3. The molecule has 1 atom stereocenters. The summed E-state index contributed by atoms with van der Waals surface area (Å²) in [5, 5.41) is 13.3. The van der Waals surface area contributed by atoms with Crippen LogP contribution in [0.3, 0.4) is 0 Å². The molecule has 1 unspecified atom stereocenters. The van der Waals surface area contributed by atoms with E-state index >= 15 is 0 Å². The third-order valence-corrected chi connectivity index (χ3v) is 14.2. The highest BCUT2D eigenvalue weighted by atomic mass is 32.2. The molecule has 0 aliphatic carbocycles. The fourth-order valence-corrected chi connectivity index (χ4v) is 10.5. The Morgan fingerprint density at radius 1 is 0.738 bits per heavy atom. The van der Waals surface area contributed by atoms with Gasteiger partial charge in [0.2, 0.25) is 0 Å². The molecule has 0 bridgehead atoms. The van der Waals surface area contributed by atoms with E-state index in [-0.39, 0.29) is 29.4 Å². The molecule has 3 N–H and O–H groups in total. The fourth-order valence-electron chi connectivity index (χ4n) is 9.11. The highest BCUT2D eigenvalue weighted by molar-refractivity contribution is 7.86. The molecule has 3 aliphatic rings. The number of esters is 1. The number of aromatic nitrogens is 3. The zero-order chi connectivity index (χ0) is 45.8. The van der Waals surface area contributed by atoms with Gasteiger partial charge in [0.15, 0.2) is 5.60 Å². The van der Waals surface area contributed by atoms with Crippen molar-refractivity contribution in [2.45, 2.75) is 61.4 Å². The minimum atomic E-state index is -4.47. The Morgan fingerprint density at radius 2 is 1.37 bits per heavy atom. The van der Waals surface area contributed by atoms with E-state index in [4.69, 9.17) is 18.8 Å². The van der Waals surface area contributed by atoms with Crippen molar-refractivity contribution in [3.8, 4) is 11.4 Å². The van der Waals surface area contributed by atoms with Crippen molar-refractivity contribution in [3.63, 3.8) is 0 Å². The first-order chi connectivity index (χ1) is 31.1. The number of ether oxygens (including phenoxy) is 1. The molecule has 0 radical (unpaired) electrons. The third-order valence-electron chi connectivity index (χ3n) is 12.4. The molecule has 332 valence electrons. The van der Waals surface area contributed by atoms with Crippen LogP contribution >= 0.6 is 0 Å². The molecule has 0 amide bonds.